The van der Waals surface area contributed by atoms with E-state index in [-0.39, 0.29) is 37.2 Å². The molecule has 444 valence electrons. The highest BCUT2D eigenvalue weighted by atomic mass is 35.5. The predicted molar refractivity (Wildman–Crippen MR) is 331 cm³/mol. The fourth-order valence-electron chi connectivity index (χ4n) is 13.2. The third-order valence-corrected chi connectivity index (χ3v) is 17.8. The van der Waals surface area contributed by atoms with E-state index in [1.807, 2.05) is 24.8 Å². The van der Waals surface area contributed by atoms with E-state index in [9.17, 15) is 0 Å². The second kappa shape index (κ2) is 29.4. The number of benzene rings is 2. The van der Waals surface area contributed by atoms with Crippen molar-refractivity contribution in [2.75, 3.05) is 69.0 Å². The number of nitrogens with two attached hydrogens (primary N) is 2. The van der Waals surface area contributed by atoms with Crippen LogP contribution in [0.2, 0.25) is 0 Å². The Morgan fingerprint density at radius 2 is 0.889 bits per heavy atom. The van der Waals surface area contributed by atoms with Crippen molar-refractivity contribution in [3.05, 3.63) is 66.2 Å². The maximum Gasteiger partial charge on any atom is 0.227 e. The van der Waals surface area contributed by atoms with Crippen LogP contribution in [0.1, 0.15) is 152 Å². The molecule has 2 aliphatic heterocycles. The van der Waals surface area contributed by atoms with Crippen molar-refractivity contribution in [2.24, 2.45) is 23.3 Å². The van der Waals surface area contributed by atoms with Crippen molar-refractivity contribution in [2.45, 2.75) is 178 Å². The Hall–Kier alpha value is -5.15. The van der Waals surface area contributed by atoms with Crippen molar-refractivity contribution < 1.29 is 14.2 Å². The second-order valence-corrected chi connectivity index (χ2v) is 23.4. The number of ether oxygens (including phenoxy) is 3. The maximum atomic E-state index is 6.15. The van der Waals surface area contributed by atoms with Gasteiger partial charge in [0.1, 0.15) is 17.2 Å². The summed E-state index contributed by atoms with van der Waals surface area (Å²) in [6.45, 7) is 3.85. The van der Waals surface area contributed by atoms with Crippen molar-refractivity contribution in [1.82, 2.24) is 49.1 Å². The van der Waals surface area contributed by atoms with E-state index in [0.717, 1.165) is 167 Å². The zero-order chi connectivity index (χ0) is 53.4. The number of piperidine rings is 2. The van der Waals surface area contributed by atoms with Gasteiger partial charge in [0.25, 0.3) is 0 Å². The second-order valence-electron chi connectivity index (χ2n) is 23.4. The van der Waals surface area contributed by atoms with Crippen molar-refractivity contribution in [1.29, 1.82) is 0 Å². The highest BCUT2D eigenvalue weighted by Crippen LogP contribution is 2.37. The third-order valence-electron chi connectivity index (χ3n) is 17.8. The Labute approximate surface area is 497 Å². The first-order valence-electron chi connectivity index (χ1n) is 29.6. The summed E-state index contributed by atoms with van der Waals surface area (Å²) in [6, 6.07) is 17.0. The number of hydrazine groups is 2. The number of anilines is 4. The zero-order valence-electron chi connectivity index (χ0n) is 47.8. The van der Waals surface area contributed by atoms with Crippen LogP contribution in [-0.4, -0.2) is 121 Å². The summed E-state index contributed by atoms with van der Waals surface area (Å²) in [4.78, 5) is 29.5. The van der Waals surface area contributed by atoms with Crippen LogP contribution in [0.5, 0.6) is 17.2 Å². The molecule has 6 heterocycles. The number of imidazole rings is 2. The van der Waals surface area contributed by atoms with Crippen LogP contribution >= 0.6 is 37.2 Å². The third kappa shape index (κ3) is 15.7. The smallest absolute Gasteiger partial charge is 0.227 e. The van der Waals surface area contributed by atoms with Gasteiger partial charge in [0.2, 0.25) is 11.9 Å². The summed E-state index contributed by atoms with van der Waals surface area (Å²) in [5.74, 6) is 6.91. The van der Waals surface area contributed by atoms with Gasteiger partial charge < -0.3 is 56.3 Å². The van der Waals surface area contributed by atoms with E-state index in [1.54, 1.807) is 21.3 Å². The number of methoxy groups -OCH3 is 3. The molecule has 0 atom stereocenters. The van der Waals surface area contributed by atoms with Gasteiger partial charge in [-0.05, 0) is 163 Å². The number of halogens is 3. The van der Waals surface area contributed by atoms with Gasteiger partial charge in [-0.15, -0.1) is 37.2 Å². The highest BCUT2D eigenvalue weighted by molar-refractivity contribution is 5.86. The van der Waals surface area contributed by atoms with Gasteiger partial charge >= 0.3 is 0 Å². The van der Waals surface area contributed by atoms with Gasteiger partial charge in [-0.3, -0.25) is 0 Å². The number of hydrogen-bond donors (Lipinski definition) is 6. The van der Waals surface area contributed by atoms with Gasteiger partial charge in [0.15, 0.2) is 34.0 Å². The summed E-state index contributed by atoms with van der Waals surface area (Å²) in [7, 11) is 5.14. The summed E-state index contributed by atoms with van der Waals surface area (Å²) in [5.41, 5.74) is 25.8. The predicted octanol–water partition coefficient (Wildman–Crippen LogP) is 11.1. The molecular formula is C59H89Cl3N16O3. The SMILES string of the molecule is COc1cc(CC2CCN(Nc3nc(NC4CCC(N)CC4)nc4c3ncn4C3CCCC3)CC2)cc(OC)c1.COc1cccc(CC2CCN(Nc3nc(NC4CCC(N)CC4)nc4c3ncn4C3CCCC3)CC2)c1.Cl.Cl.Cl. The molecule has 0 unspecified atom stereocenters. The van der Waals surface area contributed by atoms with Gasteiger partial charge in [0, 0.05) is 68.5 Å². The lowest BCUT2D eigenvalue weighted by atomic mass is 9.90. The van der Waals surface area contributed by atoms with Gasteiger partial charge in [-0.2, -0.15) is 19.9 Å². The van der Waals surface area contributed by atoms with Crippen LogP contribution in [0.25, 0.3) is 22.3 Å². The molecule has 12 rings (SSSR count). The van der Waals surface area contributed by atoms with Crippen LogP contribution in [0.3, 0.4) is 0 Å². The molecular weight excluding hydrogens is 1090 g/mol. The topological polar surface area (TPSA) is 222 Å². The maximum absolute atomic E-state index is 6.15. The Balaban J connectivity index is 0.000000205. The lowest BCUT2D eigenvalue weighted by molar-refractivity contribution is 0.216. The van der Waals surface area contributed by atoms with Crippen LogP contribution in [0.4, 0.5) is 23.5 Å². The van der Waals surface area contributed by atoms with Gasteiger partial charge in [-0.25, -0.2) is 20.0 Å². The van der Waals surface area contributed by atoms with E-state index >= 15 is 0 Å². The first kappa shape index (κ1) is 61.9. The minimum Gasteiger partial charge on any atom is -0.497 e. The fraction of sp³-hybridized carbons (Fsp3) is 0.627. The Morgan fingerprint density at radius 1 is 0.481 bits per heavy atom. The van der Waals surface area contributed by atoms with Gasteiger partial charge in [0.05, 0.1) is 34.0 Å². The fourth-order valence-corrected chi connectivity index (χ4v) is 13.2. The average molecular weight is 1180 g/mol. The molecule has 0 bridgehead atoms. The summed E-state index contributed by atoms with van der Waals surface area (Å²) in [6.07, 6.45) is 28.8. The molecule has 2 saturated heterocycles. The quantitative estimate of drug-likeness (QED) is 0.0500. The van der Waals surface area contributed by atoms with E-state index in [2.05, 4.69) is 71.0 Å². The standard InChI is InChI=1S/C30H44N8O2.C29H42N8O.3ClH/c1-39-25-16-21(17-26(18-25)40-2)15-20-11-13-37(14-12-20)36-28-27-29(38(19-32-27)24-5-3-4-6-24)35-30(34-28)33-23-9-7-22(31)8-10-23;1-38-25-8-4-5-21(18-25)17-20-13-15-36(16-14-20)35-27-26-28(37(19-31-26)24-6-2-3-7-24)34-29(33-27)32-23-11-9-22(30)10-12-23;;;/h16-20,22-24H,3-15,31H2,1-2H3,(H2,33,34,35,36);4-5,8,18-20,22-24H,2-3,6-7,9-17,30H2,1H3,(H2,32,33,34,35);3*1H. The molecule has 4 aliphatic carbocycles. The first-order chi connectivity index (χ1) is 38.2. The largest absolute Gasteiger partial charge is 0.497 e. The molecule has 6 aromatic rings. The summed E-state index contributed by atoms with van der Waals surface area (Å²) >= 11 is 0. The Kier molecular flexibility index (Phi) is 22.5. The molecule has 22 heteroatoms. The molecule has 6 aliphatic rings. The molecule has 4 saturated carbocycles. The van der Waals surface area contributed by atoms with E-state index in [0.29, 0.717) is 60.0 Å². The Morgan fingerprint density at radius 3 is 1.31 bits per heavy atom. The monoisotopic (exact) mass is 1170 g/mol. The molecule has 4 aromatic heterocycles. The molecule has 8 N–H and O–H groups in total. The summed E-state index contributed by atoms with van der Waals surface area (Å²) in [5, 5.41) is 11.9. The molecule has 0 amide bonds. The minimum absolute atomic E-state index is 0. The lowest BCUT2D eigenvalue weighted by Crippen LogP contribution is -2.39. The molecule has 2 aromatic carbocycles. The molecule has 0 spiro atoms. The zero-order valence-corrected chi connectivity index (χ0v) is 50.2. The number of fused-ring (bicyclic) bond motifs is 2. The van der Waals surface area contributed by atoms with E-state index in [4.69, 9.17) is 55.6 Å². The van der Waals surface area contributed by atoms with Gasteiger partial charge in [-0.1, -0.05) is 37.8 Å². The molecule has 19 nitrogen and oxygen atoms in total. The van der Waals surface area contributed by atoms with Crippen LogP contribution in [0, 0.1) is 11.8 Å². The molecule has 6 fully saturated rings. The van der Waals surface area contributed by atoms with Crippen LogP contribution < -0.4 is 47.2 Å². The normalized spacial score (nSPS) is 22.4. The average Bonchev–Trinajstić information content (AvgIpc) is 4.43. The van der Waals surface area contributed by atoms with E-state index < -0.39 is 0 Å². The molecule has 0 radical (unpaired) electrons. The highest BCUT2D eigenvalue weighted by Gasteiger charge is 2.29. The Bertz CT molecular complexity index is 2860. The van der Waals surface area contributed by atoms with Crippen molar-refractivity contribution in [3.8, 4) is 17.2 Å². The lowest BCUT2D eigenvalue weighted by Gasteiger charge is -2.32. The van der Waals surface area contributed by atoms with Crippen molar-refractivity contribution in [3.63, 3.8) is 0 Å². The molecule has 81 heavy (non-hydrogen) atoms. The summed E-state index contributed by atoms with van der Waals surface area (Å²) < 4.78 is 20.9. The number of hydrogen-bond acceptors (Lipinski definition) is 17. The number of nitrogens with zero attached hydrogens (tertiary/aromatic N) is 10. The van der Waals surface area contributed by atoms with Crippen molar-refractivity contribution >= 4 is 83.1 Å². The number of aromatic nitrogens is 8. The number of nitrogens with one attached hydrogen (secondary N) is 4. The first-order valence-corrected chi connectivity index (χ1v) is 29.6. The minimum atomic E-state index is 0. The van der Waals surface area contributed by atoms with Crippen LogP contribution in [-0.2, 0) is 12.8 Å². The number of rotatable bonds is 17. The van der Waals surface area contributed by atoms with Crippen LogP contribution in [0.15, 0.2) is 55.1 Å². The van der Waals surface area contributed by atoms with E-state index in [1.165, 1.54) is 62.5 Å².